The van der Waals surface area contributed by atoms with Gasteiger partial charge in [-0.25, -0.2) is 9.18 Å². The summed E-state index contributed by atoms with van der Waals surface area (Å²) in [5.41, 5.74) is -4.48. The Hall–Kier alpha value is -2.65. The number of alkyl halides is 3. The highest BCUT2D eigenvalue weighted by molar-refractivity contribution is 6.30. The highest BCUT2D eigenvalue weighted by Crippen LogP contribution is 2.44. The fourth-order valence-electron chi connectivity index (χ4n) is 3.12. The maximum Gasteiger partial charge on any atom is 0.437 e. The van der Waals surface area contributed by atoms with E-state index in [2.05, 4.69) is 5.32 Å². The molecule has 5 nitrogen and oxygen atoms in total. The molecule has 2 aromatic rings. The molecule has 3 atom stereocenters. The average molecular weight is 417 g/mol. The van der Waals surface area contributed by atoms with Gasteiger partial charge in [0, 0.05) is 16.1 Å². The molecule has 0 spiro atoms. The Morgan fingerprint density at radius 2 is 1.71 bits per heavy atom. The van der Waals surface area contributed by atoms with Crippen LogP contribution in [0.3, 0.4) is 0 Å². The van der Waals surface area contributed by atoms with Crippen LogP contribution in [0.2, 0.25) is 5.02 Å². The van der Waals surface area contributed by atoms with Crippen LogP contribution < -0.4 is 10.6 Å². The minimum Gasteiger partial charge on any atom is -0.363 e. The molecule has 1 fully saturated rings. The third-order valence-corrected chi connectivity index (χ3v) is 4.71. The van der Waals surface area contributed by atoms with E-state index in [1.807, 2.05) is 0 Å². The molecule has 2 amide bonds. The third-order valence-electron chi connectivity index (χ3n) is 4.46. The number of hydrogen-bond donors (Lipinski definition) is 3. The van der Waals surface area contributed by atoms with Crippen LogP contribution >= 0.6 is 11.6 Å². The zero-order valence-electron chi connectivity index (χ0n) is 13.9. The van der Waals surface area contributed by atoms with E-state index < -0.39 is 41.5 Å². The third kappa shape index (κ3) is 3.43. The van der Waals surface area contributed by atoms with Crippen LogP contribution in [-0.4, -0.2) is 28.8 Å². The maximum absolute atomic E-state index is 14.3. The monoisotopic (exact) mass is 416 g/mol. The molecular weight excluding hydrogens is 404 g/mol. The molecule has 1 heterocycles. The molecule has 0 saturated carbocycles. The normalized spacial score (nSPS) is 25.0. The molecule has 3 N–H and O–H groups in total. The van der Waals surface area contributed by atoms with Gasteiger partial charge in [-0.15, -0.1) is 0 Å². The number of amides is 2. The van der Waals surface area contributed by atoms with Crippen LogP contribution in [0.5, 0.6) is 0 Å². The lowest BCUT2D eigenvalue weighted by Crippen LogP contribution is -2.72. The second-order valence-corrected chi connectivity index (χ2v) is 6.65. The van der Waals surface area contributed by atoms with Crippen LogP contribution in [-0.2, 0) is 0 Å². The maximum atomic E-state index is 14.3. The fraction of sp³-hybridized carbons (Fsp3) is 0.222. The number of hydrogen-bond acceptors (Lipinski definition) is 3. The zero-order valence-corrected chi connectivity index (χ0v) is 14.7. The van der Waals surface area contributed by atoms with Crippen LogP contribution in [0.1, 0.15) is 22.0 Å². The summed E-state index contributed by atoms with van der Waals surface area (Å²) in [7, 11) is 0. The van der Waals surface area contributed by atoms with Gasteiger partial charge in [-0.05, 0) is 30.3 Å². The second kappa shape index (κ2) is 7.06. The second-order valence-electron chi connectivity index (χ2n) is 6.21. The number of carbonyl (C=O) groups excluding carboxylic acids is 2. The topological polar surface area (TPSA) is 78.4 Å². The largest absolute Gasteiger partial charge is 0.437 e. The molecule has 1 aliphatic rings. The number of aliphatic hydroxyl groups is 1. The number of carbonyl (C=O) groups is 2. The van der Waals surface area contributed by atoms with Gasteiger partial charge in [0.1, 0.15) is 11.7 Å². The Bertz CT molecular complexity index is 920. The standard InChI is InChI=1S/C18H13ClF4N2O3/c19-10-7-5-9(6-8-10)15(26)13-14(11-3-1-2-4-12(11)20)24-16(27)25-17(13,28)18(21,22)23/h1-8,13-14,28H,(H2,24,25,27)/t13-,14-,17-/m0/s1. The Morgan fingerprint density at radius 3 is 2.29 bits per heavy atom. The zero-order chi connectivity index (χ0) is 20.7. The molecule has 2 aromatic carbocycles. The van der Waals surface area contributed by atoms with E-state index in [-0.39, 0.29) is 16.1 Å². The van der Waals surface area contributed by atoms with Gasteiger partial charge in [0.2, 0.25) is 5.72 Å². The van der Waals surface area contributed by atoms with Crippen molar-refractivity contribution in [3.05, 3.63) is 70.5 Å². The van der Waals surface area contributed by atoms with Crippen molar-refractivity contribution < 1.29 is 32.3 Å². The summed E-state index contributed by atoms with van der Waals surface area (Å²) in [6.07, 6.45) is -5.42. The molecule has 1 saturated heterocycles. The van der Waals surface area contributed by atoms with Crippen molar-refractivity contribution in [2.45, 2.75) is 17.9 Å². The van der Waals surface area contributed by atoms with Crippen molar-refractivity contribution in [1.29, 1.82) is 0 Å². The molecular formula is C18H13ClF4N2O3. The minimum absolute atomic E-state index is 0.198. The number of urea groups is 1. The van der Waals surface area contributed by atoms with Gasteiger partial charge in [-0.2, -0.15) is 13.2 Å². The number of Topliss-reactive ketones (excluding diaryl/α,β-unsaturated/α-hetero) is 1. The summed E-state index contributed by atoms with van der Waals surface area (Å²) < 4.78 is 55.4. The molecule has 0 aromatic heterocycles. The number of nitrogens with one attached hydrogen (secondary N) is 2. The Labute approximate surface area is 161 Å². The predicted octanol–water partition coefficient (Wildman–Crippen LogP) is 3.58. The van der Waals surface area contributed by atoms with Crippen LogP contribution in [0, 0.1) is 11.7 Å². The van der Waals surface area contributed by atoms with Gasteiger partial charge >= 0.3 is 12.2 Å². The lowest BCUT2D eigenvalue weighted by Gasteiger charge is -2.45. The van der Waals surface area contributed by atoms with Gasteiger partial charge in [-0.1, -0.05) is 29.8 Å². The molecule has 28 heavy (non-hydrogen) atoms. The van der Waals surface area contributed by atoms with E-state index in [0.29, 0.717) is 0 Å². The molecule has 148 valence electrons. The van der Waals surface area contributed by atoms with Crippen LogP contribution in [0.4, 0.5) is 22.4 Å². The van der Waals surface area contributed by atoms with Crippen molar-refractivity contribution >= 4 is 23.4 Å². The fourth-order valence-corrected chi connectivity index (χ4v) is 3.25. The van der Waals surface area contributed by atoms with Crippen molar-refractivity contribution in [2.24, 2.45) is 5.92 Å². The summed E-state index contributed by atoms with van der Waals surface area (Å²) in [5.74, 6) is -4.39. The Balaban J connectivity index is 2.18. The van der Waals surface area contributed by atoms with Crippen LogP contribution in [0.25, 0.3) is 0 Å². The molecule has 1 aliphatic heterocycles. The lowest BCUT2D eigenvalue weighted by atomic mass is 9.77. The summed E-state index contributed by atoms with van der Waals surface area (Å²) in [6, 6.07) is 6.49. The first-order valence-electron chi connectivity index (χ1n) is 7.96. The summed E-state index contributed by atoms with van der Waals surface area (Å²) in [6.45, 7) is 0. The van der Waals surface area contributed by atoms with Gasteiger partial charge in [-0.3, -0.25) is 4.79 Å². The number of rotatable bonds is 3. The lowest BCUT2D eigenvalue weighted by molar-refractivity contribution is -0.287. The van der Waals surface area contributed by atoms with E-state index in [0.717, 1.165) is 12.1 Å². The molecule has 0 radical (unpaired) electrons. The highest BCUT2D eigenvalue weighted by atomic mass is 35.5. The van der Waals surface area contributed by atoms with Crippen molar-refractivity contribution in [3.8, 4) is 0 Å². The highest BCUT2D eigenvalue weighted by Gasteiger charge is 2.66. The SMILES string of the molecule is O=C1N[C@@H](c2ccccc2F)[C@@H](C(=O)c2ccc(Cl)cc2)[C@](O)(C(F)(F)F)N1. The first-order chi connectivity index (χ1) is 13.0. The molecule has 3 rings (SSSR count). The van der Waals surface area contributed by atoms with Gasteiger partial charge in [0.15, 0.2) is 5.78 Å². The van der Waals surface area contributed by atoms with E-state index >= 15 is 0 Å². The summed E-state index contributed by atoms with van der Waals surface area (Å²) in [4.78, 5) is 24.8. The van der Waals surface area contributed by atoms with Gasteiger partial charge in [0.25, 0.3) is 0 Å². The predicted molar refractivity (Wildman–Crippen MR) is 91.1 cm³/mol. The number of benzene rings is 2. The summed E-state index contributed by atoms with van der Waals surface area (Å²) in [5, 5.41) is 14.1. The van der Waals surface area contributed by atoms with Crippen molar-refractivity contribution in [3.63, 3.8) is 0 Å². The molecule has 0 unspecified atom stereocenters. The van der Waals surface area contributed by atoms with Gasteiger partial charge in [0.05, 0.1) is 6.04 Å². The van der Waals surface area contributed by atoms with E-state index in [1.165, 1.54) is 41.7 Å². The first-order valence-corrected chi connectivity index (χ1v) is 8.34. The Morgan fingerprint density at radius 1 is 1.11 bits per heavy atom. The quantitative estimate of drug-likeness (QED) is 0.528. The van der Waals surface area contributed by atoms with E-state index in [1.54, 1.807) is 0 Å². The van der Waals surface area contributed by atoms with Crippen molar-refractivity contribution in [1.82, 2.24) is 10.6 Å². The van der Waals surface area contributed by atoms with Crippen LogP contribution in [0.15, 0.2) is 48.5 Å². The number of ketones is 1. The van der Waals surface area contributed by atoms with E-state index in [9.17, 15) is 32.3 Å². The first kappa shape index (κ1) is 20.1. The average Bonchev–Trinajstić information content (AvgIpc) is 2.60. The van der Waals surface area contributed by atoms with Gasteiger partial charge < -0.3 is 15.7 Å². The van der Waals surface area contributed by atoms with E-state index in [4.69, 9.17) is 11.6 Å². The molecule has 0 aliphatic carbocycles. The van der Waals surface area contributed by atoms with Crippen molar-refractivity contribution in [2.75, 3.05) is 0 Å². The molecule has 10 heteroatoms. The minimum atomic E-state index is -5.42. The summed E-state index contributed by atoms with van der Waals surface area (Å²) >= 11 is 5.74. The smallest absolute Gasteiger partial charge is 0.363 e. The molecule has 0 bridgehead atoms. The Kier molecular flexibility index (Phi) is 5.07. The number of halogens is 5.